The molecule has 0 fully saturated rings. The SMILES string of the molecule is [N-]=[N+]=Nc1ccc(Cl)cc1S. The fraction of sp³-hybridized carbons (Fsp3) is 0. The first kappa shape index (κ1) is 8.27. The summed E-state index contributed by atoms with van der Waals surface area (Å²) >= 11 is 9.69. The van der Waals surface area contributed by atoms with Crippen molar-refractivity contribution in [1.29, 1.82) is 0 Å². The van der Waals surface area contributed by atoms with Gasteiger partial charge in [0.1, 0.15) is 0 Å². The minimum atomic E-state index is 0.486. The summed E-state index contributed by atoms with van der Waals surface area (Å²) in [6, 6.07) is 4.88. The van der Waals surface area contributed by atoms with Crippen LogP contribution in [0.4, 0.5) is 5.69 Å². The Labute approximate surface area is 74.0 Å². The van der Waals surface area contributed by atoms with Crippen molar-refractivity contribution in [2.24, 2.45) is 5.11 Å². The van der Waals surface area contributed by atoms with Gasteiger partial charge in [0.2, 0.25) is 0 Å². The number of hydrogen-bond acceptors (Lipinski definition) is 2. The molecule has 0 heterocycles. The normalized spacial score (nSPS) is 8.91. The smallest absolute Gasteiger partial charge is 0.0509 e. The lowest BCUT2D eigenvalue weighted by molar-refractivity contribution is 1.36. The van der Waals surface area contributed by atoms with E-state index in [1.54, 1.807) is 18.2 Å². The van der Waals surface area contributed by atoms with E-state index in [9.17, 15) is 0 Å². The van der Waals surface area contributed by atoms with Gasteiger partial charge in [-0.25, -0.2) is 0 Å². The summed E-state index contributed by atoms with van der Waals surface area (Å²) in [5, 5.41) is 3.97. The zero-order valence-corrected chi connectivity index (χ0v) is 7.05. The molecule has 0 N–H and O–H groups in total. The molecule has 0 atom stereocenters. The first-order valence-electron chi connectivity index (χ1n) is 2.77. The van der Waals surface area contributed by atoms with Crippen LogP contribution >= 0.6 is 24.2 Å². The van der Waals surface area contributed by atoms with Gasteiger partial charge in [-0.05, 0) is 17.7 Å². The van der Waals surface area contributed by atoms with Crippen molar-refractivity contribution in [2.45, 2.75) is 4.90 Å². The third-order valence-corrected chi connectivity index (χ3v) is 1.68. The van der Waals surface area contributed by atoms with Gasteiger partial charge in [0.15, 0.2) is 0 Å². The summed E-state index contributed by atoms with van der Waals surface area (Å²) in [6.45, 7) is 0. The molecule has 0 unspecified atom stereocenters. The minimum absolute atomic E-state index is 0.486. The second-order valence-corrected chi connectivity index (χ2v) is 2.74. The van der Waals surface area contributed by atoms with E-state index in [-0.39, 0.29) is 0 Å². The maximum absolute atomic E-state index is 8.10. The molecule has 0 saturated carbocycles. The van der Waals surface area contributed by atoms with Crippen molar-refractivity contribution >= 4 is 29.9 Å². The quantitative estimate of drug-likeness (QED) is 0.301. The van der Waals surface area contributed by atoms with Gasteiger partial charge in [0, 0.05) is 14.8 Å². The fourth-order valence-corrected chi connectivity index (χ4v) is 1.14. The van der Waals surface area contributed by atoms with Gasteiger partial charge in [-0.3, -0.25) is 0 Å². The molecule has 11 heavy (non-hydrogen) atoms. The molecule has 0 bridgehead atoms. The monoisotopic (exact) mass is 185 g/mol. The molecule has 0 radical (unpaired) electrons. The number of thiol groups is 1. The zero-order chi connectivity index (χ0) is 8.27. The Kier molecular flexibility index (Phi) is 2.65. The van der Waals surface area contributed by atoms with Crippen LogP contribution in [-0.2, 0) is 0 Å². The number of azide groups is 1. The number of halogens is 1. The second-order valence-electron chi connectivity index (χ2n) is 1.82. The Morgan fingerprint density at radius 2 is 2.27 bits per heavy atom. The van der Waals surface area contributed by atoms with Crippen LogP contribution in [0, 0.1) is 0 Å². The highest BCUT2D eigenvalue weighted by Gasteiger charge is 1.95. The van der Waals surface area contributed by atoms with E-state index in [0.29, 0.717) is 15.6 Å². The van der Waals surface area contributed by atoms with Gasteiger partial charge < -0.3 is 0 Å². The Bertz CT molecular complexity index is 320. The number of hydrogen-bond donors (Lipinski definition) is 1. The molecule has 1 rings (SSSR count). The highest BCUT2D eigenvalue weighted by Crippen LogP contribution is 2.26. The predicted molar refractivity (Wildman–Crippen MR) is 47.5 cm³/mol. The third-order valence-electron chi connectivity index (χ3n) is 1.09. The minimum Gasteiger partial charge on any atom is -0.143 e. The van der Waals surface area contributed by atoms with Gasteiger partial charge in [0.25, 0.3) is 0 Å². The first-order chi connectivity index (χ1) is 5.24. The molecule has 56 valence electrons. The summed E-state index contributed by atoms with van der Waals surface area (Å²) in [4.78, 5) is 3.21. The number of rotatable bonds is 1. The molecule has 0 aliphatic heterocycles. The Hall–Kier alpha value is -0.830. The van der Waals surface area contributed by atoms with Gasteiger partial charge in [-0.15, -0.1) is 12.6 Å². The maximum atomic E-state index is 8.10. The zero-order valence-electron chi connectivity index (χ0n) is 5.40. The van der Waals surface area contributed by atoms with Gasteiger partial charge in [0.05, 0.1) is 5.69 Å². The van der Waals surface area contributed by atoms with Gasteiger partial charge in [-0.2, -0.15) is 0 Å². The van der Waals surface area contributed by atoms with Crippen LogP contribution in [0.3, 0.4) is 0 Å². The van der Waals surface area contributed by atoms with Crippen LogP contribution in [0.25, 0.3) is 10.4 Å². The van der Waals surface area contributed by atoms with E-state index >= 15 is 0 Å². The summed E-state index contributed by atoms with van der Waals surface area (Å²) < 4.78 is 0. The van der Waals surface area contributed by atoms with E-state index in [1.165, 1.54) is 0 Å². The van der Waals surface area contributed by atoms with E-state index in [2.05, 4.69) is 22.7 Å². The standard InChI is InChI=1S/C6H4ClN3S/c7-4-1-2-5(9-10-8)6(11)3-4/h1-3,11H. The Balaban J connectivity index is 3.19. The van der Waals surface area contributed by atoms with Crippen molar-refractivity contribution in [2.75, 3.05) is 0 Å². The molecule has 0 aromatic heterocycles. The van der Waals surface area contributed by atoms with Crippen LogP contribution in [0.1, 0.15) is 0 Å². The number of nitrogens with zero attached hydrogens (tertiary/aromatic N) is 3. The van der Waals surface area contributed by atoms with Crippen molar-refractivity contribution in [3.8, 4) is 0 Å². The second kappa shape index (κ2) is 3.53. The topological polar surface area (TPSA) is 48.8 Å². The molecule has 0 aliphatic carbocycles. The molecule has 3 nitrogen and oxygen atoms in total. The molecular weight excluding hydrogens is 182 g/mol. The Morgan fingerprint density at radius 3 is 2.82 bits per heavy atom. The molecule has 1 aromatic carbocycles. The summed E-state index contributed by atoms with van der Waals surface area (Å²) in [5.74, 6) is 0. The van der Waals surface area contributed by atoms with Crippen molar-refractivity contribution < 1.29 is 0 Å². The molecular formula is C6H4ClN3S. The molecule has 5 heteroatoms. The summed E-state index contributed by atoms with van der Waals surface area (Å²) in [6.07, 6.45) is 0. The van der Waals surface area contributed by atoms with Crippen LogP contribution < -0.4 is 0 Å². The highest BCUT2D eigenvalue weighted by atomic mass is 35.5. The fourth-order valence-electron chi connectivity index (χ4n) is 0.629. The molecule has 0 spiro atoms. The molecule has 1 aromatic rings. The highest BCUT2D eigenvalue weighted by molar-refractivity contribution is 7.80. The van der Waals surface area contributed by atoms with Crippen LogP contribution in [0.15, 0.2) is 28.2 Å². The van der Waals surface area contributed by atoms with E-state index in [4.69, 9.17) is 17.1 Å². The summed E-state index contributed by atoms with van der Waals surface area (Å²) in [7, 11) is 0. The molecule has 0 saturated heterocycles. The largest absolute Gasteiger partial charge is 0.143 e. The van der Waals surface area contributed by atoms with Crippen LogP contribution in [-0.4, -0.2) is 0 Å². The lowest BCUT2D eigenvalue weighted by atomic mass is 10.3. The van der Waals surface area contributed by atoms with Crippen molar-refractivity contribution in [1.82, 2.24) is 0 Å². The van der Waals surface area contributed by atoms with Crippen molar-refractivity contribution in [3.05, 3.63) is 33.7 Å². The average molecular weight is 186 g/mol. The van der Waals surface area contributed by atoms with E-state index in [1.807, 2.05) is 0 Å². The average Bonchev–Trinajstić information content (AvgIpc) is 1.95. The third kappa shape index (κ3) is 2.05. The molecule has 0 aliphatic rings. The van der Waals surface area contributed by atoms with Gasteiger partial charge >= 0.3 is 0 Å². The number of benzene rings is 1. The first-order valence-corrected chi connectivity index (χ1v) is 3.60. The molecule has 0 amide bonds. The van der Waals surface area contributed by atoms with Crippen LogP contribution in [0.5, 0.6) is 0 Å². The lowest BCUT2D eigenvalue weighted by Gasteiger charge is -1.96. The van der Waals surface area contributed by atoms with Crippen molar-refractivity contribution in [3.63, 3.8) is 0 Å². The van der Waals surface area contributed by atoms with Gasteiger partial charge in [-0.1, -0.05) is 22.8 Å². The van der Waals surface area contributed by atoms with E-state index in [0.717, 1.165) is 0 Å². The predicted octanol–water partition coefficient (Wildman–Crippen LogP) is 3.57. The van der Waals surface area contributed by atoms with Crippen LogP contribution in [0.2, 0.25) is 5.02 Å². The summed E-state index contributed by atoms with van der Waals surface area (Å²) in [5.41, 5.74) is 8.59. The maximum Gasteiger partial charge on any atom is 0.0509 e. The Morgan fingerprint density at radius 1 is 1.55 bits per heavy atom. The van der Waals surface area contributed by atoms with E-state index < -0.39 is 0 Å². The lowest BCUT2D eigenvalue weighted by Crippen LogP contribution is -1.67.